The van der Waals surface area contributed by atoms with Crippen molar-refractivity contribution in [3.8, 4) is 5.69 Å². The minimum absolute atomic E-state index is 0.0612. The van der Waals surface area contributed by atoms with E-state index < -0.39 is 0 Å². The van der Waals surface area contributed by atoms with E-state index >= 15 is 0 Å². The molecule has 1 aliphatic carbocycles. The van der Waals surface area contributed by atoms with Crippen LogP contribution < -0.4 is 10.5 Å². The highest BCUT2D eigenvalue weighted by Crippen LogP contribution is 2.40. The molecular formula is C26H27ClN4O2S. The van der Waals surface area contributed by atoms with Gasteiger partial charge in [0.1, 0.15) is 15.0 Å². The van der Waals surface area contributed by atoms with E-state index in [0.29, 0.717) is 47.9 Å². The maximum atomic E-state index is 14.0. The van der Waals surface area contributed by atoms with Crippen LogP contribution in [-0.2, 0) is 24.0 Å². The van der Waals surface area contributed by atoms with Crippen molar-refractivity contribution in [2.24, 2.45) is 5.92 Å². The SMILES string of the molecule is CC(C)Cc1nc2sc3c(=O)n(-c4cccc(Cl)c4)c(N4CCOCC4)nc3c2c2c1CCC2. The van der Waals surface area contributed by atoms with Gasteiger partial charge in [0, 0.05) is 29.2 Å². The number of hydrogen-bond acceptors (Lipinski definition) is 6. The number of pyridine rings is 1. The molecule has 0 bridgehead atoms. The van der Waals surface area contributed by atoms with Crippen molar-refractivity contribution in [1.29, 1.82) is 0 Å². The first-order valence-corrected chi connectivity index (χ1v) is 13.2. The second-order valence-corrected chi connectivity index (χ2v) is 11.0. The second-order valence-electron chi connectivity index (χ2n) is 9.56. The minimum Gasteiger partial charge on any atom is -0.378 e. The summed E-state index contributed by atoms with van der Waals surface area (Å²) in [6.45, 7) is 7.08. The molecule has 0 atom stereocenters. The Bertz CT molecular complexity index is 1470. The predicted octanol–water partition coefficient (Wildman–Crippen LogP) is 5.17. The smallest absolute Gasteiger partial charge is 0.277 e. The summed E-state index contributed by atoms with van der Waals surface area (Å²) in [6.07, 6.45) is 4.19. The molecule has 8 heteroatoms. The van der Waals surface area contributed by atoms with Crippen LogP contribution in [0.1, 0.15) is 37.1 Å². The van der Waals surface area contributed by atoms with Crippen molar-refractivity contribution in [3.63, 3.8) is 0 Å². The zero-order chi connectivity index (χ0) is 23.4. The molecule has 0 N–H and O–H groups in total. The highest BCUT2D eigenvalue weighted by Gasteiger charge is 2.27. The molecule has 1 fully saturated rings. The first-order chi connectivity index (χ1) is 16.5. The third-order valence-corrected chi connectivity index (χ3v) is 8.04. The molecule has 1 aliphatic heterocycles. The standard InChI is InChI=1S/C26H27ClN4O2S/c1-15(2)13-20-18-7-4-8-19(18)21-22-23(34-24(21)28-20)25(32)31(17-6-3-5-16(27)14-17)26(29-22)30-9-11-33-12-10-30/h3,5-6,14-15H,4,7-13H2,1-2H3. The first-order valence-electron chi connectivity index (χ1n) is 12.0. The second kappa shape index (κ2) is 8.63. The zero-order valence-corrected chi connectivity index (χ0v) is 21.0. The lowest BCUT2D eigenvalue weighted by molar-refractivity contribution is 0.122. The van der Waals surface area contributed by atoms with E-state index in [4.69, 9.17) is 26.3 Å². The summed E-state index contributed by atoms with van der Waals surface area (Å²) >= 11 is 7.79. The Balaban J connectivity index is 1.67. The first kappa shape index (κ1) is 22.0. The molecule has 1 aromatic carbocycles. The summed E-state index contributed by atoms with van der Waals surface area (Å²) in [7, 11) is 0. The molecule has 4 heterocycles. The fourth-order valence-electron chi connectivity index (χ4n) is 5.26. The Hall–Kier alpha value is -2.48. The van der Waals surface area contributed by atoms with Crippen molar-refractivity contribution in [2.75, 3.05) is 31.2 Å². The van der Waals surface area contributed by atoms with E-state index in [-0.39, 0.29) is 5.56 Å². The van der Waals surface area contributed by atoms with Crippen molar-refractivity contribution in [2.45, 2.75) is 39.5 Å². The van der Waals surface area contributed by atoms with Gasteiger partial charge in [-0.1, -0.05) is 31.5 Å². The van der Waals surface area contributed by atoms with Gasteiger partial charge >= 0.3 is 0 Å². The molecule has 0 saturated carbocycles. The monoisotopic (exact) mass is 494 g/mol. The van der Waals surface area contributed by atoms with Gasteiger partial charge < -0.3 is 9.64 Å². The van der Waals surface area contributed by atoms with Crippen LogP contribution in [0.5, 0.6) is 0 Å². The van der Waals surface area contributed by atoms with E-state index in [2.05, 4.69) is 18.7 Å². The van der Waals surface area contributed by atoms with Gasteiger partial charge in [-0.15, -0.1) is 11.3 Å². The Morgan fingerprint density at radius 3 is 2.71 bits per heavy atom. The van der Waals surface area contributed by atoms with Gasteiger partial charge in [0.25, 0.3) is 5.56 Å². The molecule has 4 aromatic rings. The van der Waals surface area contributed by atoms with Gasteiger partial charge in [-0.2, -0.15) is 0 Å². The summed E-state index contributed by atoms with van der Waals surface area (Å²) in [4.78, 5) is 27.4. The molecule has 6 nitrogen and oxygen atoms in total. The van der Waals surface area contributed by atoms with E-state index in [9.17, 15) is 4.79 Å². The molecular weight excluding hydrogens is 468 g/mol. The maximum Gasteiger partial charge on any atom is 0.277 e. The third-order valence-electron chi connectivity index (χ3n) is 6.74. The van der Waals surface area contributed by atoms with Crippen LogP contribution in [0.4, 0.5) is 5.95 Å². The lowest BCUT2D eigenvalue weighted by Gasteiger charge is -2.29. The largest absolute Gasteiger partial charge is 0.378 e. The van der Waals surface area contributed by atoms with Crippen molar-refractivity contribution >= 4 is 49.3 Å². The summed E-state index contributed by atoms with van der Waals surface area (Å²) in [5.74, 6) is 1.19. The van der Waals surface area contributed by atoms with Gasteiger partial charge in [0.2, 0.25) is 5.95 Å². The average molecular weight is 495 g/mol. The number of morpholine rings is 1. The topological polar surface area (TPSA) is 60.2 Å². The maximum absolute atomic E-state index is 14.0. The molecule has 176 valence electrons. The molecule has 34 heavy (non-hydrogen) atoms. The number of fused-ring (bicyclic) bond motifs is 5. The van der Waals surface area contributed by atoms with Gasteiger partial charge in [-0.3, -0.25) is 4.79 Å². The lowest BCUT2D eigenvalue weighted by Crippen LogP contribution is -2.40. The highest BCUT2D eigenvalue weighted by atomic mass is 35.5. The van der Waals surface area contributed by atoms with E-state index in [0.717, 1.165) is 47.1 Å². The predicted molar refractivity (Wildman–Crippen MR) is 139 cm³/mol. The zero-order valence-electron chi connectivity index (χ0n) is 19.4. The minimum atomic E-state index is -0.0612. The lowest BCUT2D eigenvalue weighted by atomic mass is 9.99. The van der Waals surface area contributed by atoms with E-state index in [1.807, 2.05) is 24.3 Å². The van der Waals surface area contributed by atoms with Crippen molar-refractivity contribution in [3.05, 3.63) is 56.5 Å². The van der Waals surface area contributed by atoms with Gasteiger partial charge in [0.05, 0.1) is 18.9 Å². The van der Waals surface area contributed by atoms with Crippen molar-refractivity contribution < 1.29 is 4.74 Å². The van der Waals surface area contributed by atoms with Gasteiger partial charge in [0.15, 0.2) is 0 Å². The third kappa shape index (κ3) is 3.61. The Morgan fingerprint density at radius 2 is 1.94 bits per heavy atom. The number of benzene rings is 1. The number of ether oxygens (including phenoxy) is 1. The molecule has 0 amide bonds. The molecule has 1 saturated heterocycles. The number of halogens is 1. The molecule has 0 spiro atoms. The molecule has 6 rings (SSSR count). The van der Waals surface area contributed by atoms with Crippen LogP contribution in [0.3, 0.4) is 0 Å². The fraction of sp³-hybridized carbons (Fsp3) is 0.423. The van der Waals surface area contributed by atoms with E-state index in [1.165, 1.54) is 28.2 Å². The van der Waals surface area contributed by atoms with Crippen LogP contribution in [0, 0.1) is 5.92 Å². The van der Waals surface area contributed by atoms with Gasteiger partial charge in [-0.05, 0) is 60.9 Å². The van der Waals surface area contributed by atoms with Crippen LogP contribution in [0.2, 0.25) is 5.02 Å². The Morgan fingerprint density at radius 1 is 1.15 bits per heavy atom. The van der Waals surface area contributed by atoms with Crippen LogP contribution in [-0.4, -0.2) is 40.8 Å². The summed E-state index contributed by atoms with van der Waals surface area (Å²) in [6, 6.07) is 7.42. The number of aryl methyl sites for hydroxylation is 1. The van der Waals surface area contributed by atoms with Gasteiger partial charge in [-0.25, -0.2) is 14.5 Å². The molecule has 0 radical (unpaired) electrons. The average Bonchev–Trinajstić information content (AvgIpc) is 3.44. The Kier molecular flexibility index (Phi) is 5.59. The number of hydrogen-bond donors (Lipinski definition) is 0. The quantitative estimate of drug-likeness (QED) is 0.391. The van der Waals surface area contributed by atoms with E-state index in [1.54, 1.807) is 4.57 Å². The Labute approximate surface area is 207 Å². The summed E-state index contributed by atoms with van der Waals surface area (Å²) in [5.41, 5.74) is 5.40. The molecule has 2 aliphatic rings. The normalized spacial score (nSPS) is 16.2. The number of rotatable bonds is 4. The highest BCUT2D eigenvalue weighted by molar-refractivity contribution is 7.25. The number of thiophene rings is 1. The number of anilines is 1. The fourth-order valence-corrected chi connectivity index (χ4v) is 6.54. The summed E-state index contributed by atoms with van der Waals surface area (Å²) in [5, 5.41) is 1.68. The van der Waals surface area contributed by atoms with Crippen molar-refractivity contribution in [1.82, 2.24) is 14.5 Å². The van der Waals surface area contributed by atoms with Crippen LogP contribution in [0.25, 0.3) is 26.1 Å². The molecule has 0 unspecified atom stereocenters. The van der Waals surface area contributed by atoms with Crippen LogP contribution in [0.15, 0.2) is 29.1 Å². The van der Waals surface area contributed by atoms with Crippen LogP contribution >= 0.6 is 22.9 Å². The number of nitrogens with zero attached hydrogens (tertiary/aromatic N) is 4. The summed E-state index contributed by atoms with van der Waals surface area (Å²) < 4.78 is 7.95. The molecule has 3 aromatic heterocycles. The number of aromatic nitrogens is 3.